The zero-order valence-electron chi connectivity index (χ0n) is 15.1. The smallest absolute Gasteiger partial charge is 0.197 e. The summed E-state index contributed by atoms with van der Waals surface area (Å²) in [6.45, 7) is -0.520. The van der Waals surface area contributed by atoms with Crippen molar-refractivity contribution in [2.45, 2.75) is 30.5 Å². The van der Waals surface area contributed by atoms with Gasteiger partial charge in [-0.3, -0.25) is 4.79 Å². The third kappa shape index (κ3) is 2.65. The summed E-state index contributed by atoms with van der Waals surface area (Å²) in [6, 6.07) is 11.8. The topological polar surface area (TPSA) is 130 Å². The van der Waals surface area contributed by atoms with Crippen molar-refractivity contribution in [3.8, 4) is 22.8 Å². The molecule has 0 aliphatic carbocycles. The predicted octanol–water partition coefficient (Wildman–Crippen LogP) is 1.08. The fourth-order valence-electron chi connectivity index (χ4n) is 4.01. The van der Waals surface area contributed by atoms with Crippen LogP contribution >= 0.6 is 0 Å². The maximum absolute atomic E-state index is 12.8. The highest BCUT2D eigenvalue weighted by atomic mass is 16.6. The second-order valence-corrected chi connectivity index (χ2v) is 7.19. The number of hydrogen-bond donors (Lipinski definition) is 4. The Kier molecular flexibility index (Phi) is 4.11. The molecule has 3 heterocycles. The van der Waals surface area contributed by atoms with E-state index in [-0.39, 0.29) is 28.0 Å². The Hall–Kier alpha value is -2.91. The number of rotatable bonds is 2. The molecule has 5 rings (SSSR count). The summed E-state index contributed by atoms with van der Waals surface area (Å²) in [5, 5.41) is 40.7. The van der Waals surface area contributed by atoms with Crippen molar-refractivity contribution < 1.29 is 34.3 Å². The molecule has 2 aliphatic rings. The lowest BCUT2D eigenvalue weighted by molar-refractivity contribution is -0.215. The molecular formula is C21H18O8. The first-order valence-electron chi connectivity index (χ1n) is 9.18. The summed E-state index contributed by atoms with van der Waals surface area (Å²) in [7, 11) is 0. The summed E-state index contributed by atoms with van der Waals surface area (Å²) >= 11 is 0. The van der Waals surface area contributed by atoms with Crippen molar-refractivity contribution in [3.05, 3.63) is 58.3 Å². The van der Waals surface area contributed by atoms with Crippen LogP contribution in [0.5, 0.6) is 11.5 Å². The molecule has 8 nitrogen and oxygen atoms in total. The molecule has 1 fully saturated rings. The Morgan fingerprint density at radius 3 is 2.52 bits per heavy atom. The summed E-state index contributed by atoms with van der Waals surface area (Å²) in [5.41, 5.74) is 0.573. The lowest BCUT2D eigenvalue weighted by Crippen LogP contribution is -2.55. The molecule has 4 N–H and O–H groups in total. The molecule has 0 bridgehead atoms. The van der Waals surface area contributed by atoms with Crippen molar-refractivity contribution in [3.63, 3.8) is 0 Å². The summed E-state index contributed by atoms with van der Waals surface area (Å²) < 4.78 is 17.2. The second-order valence-electron chi connectivity index (χ2n) is 7.19. The van der Waals surface area contributed by atoms with Gasteiger partial charge >= 0.3 is 0 Å². The van der Waals surface area contributed by atoms with Crippen molar-refractivity contribution in [2.75, 3.05) is 6.61 Å². The summed E-state index contributed by atoms with van der Waals surface area (Å²) in [5.74, 6) is 0.159. The zero-order valence-corrected chi connectivity index (χ0v) is 15.1. The SMILES string of the molecule is O=c1cc(-c2ccccc2)oc2cc3c(c(O)c12)[C@@H]1O[C@H](CO)[C@@H](O)[C@H](O)[C@@H]1O3. The second kappa shape index (κ2) is 6.57. The first-order valence-corrected chi connectivity index (χ1v) is 9.18. The van der Waals surface area contributed by atoms with E-state index in [4.69, 9.17) is 13.9 Å². The van der Waals surface area contributed by atoms with Gasteiger partial charge in [0.2, 0.25) is 0 Å². The number of aromatic hydroxyl groups is 1. The normalized spacial score (nSPS) is 28.0. The van der Waals surface area contributed by atoms with E-state index in [1.54, 1.807) is 12.1 Å². The highest BCUT2D eigenvalue weighted by molar-refractivity contribution is 5.88. The van der Waals surface area contributed by atoms with Gasteiger partial charge in [-0.05, 0) is 0 Å². The van der Waals surface area contributed by atoms with E-state index in [1.165, 1.54) is 12.1 Å². The standard InChI is InChI=1S/C21H18O8/c22-8-14-17(24)19(26)21-20(29-14)16-13(28-21)7-12-15(18(16)25)10(23)6-11(27-12)9-4-2-1-3-5-9/h1-7,14,17,19-22,24-26H,8H2/t14-,17-,19+,20+,21+/m1/s1. The van der Waals surface area contributed by atoms with Gasteiger partial charge in [-0.1, -0.05) is 30.3 Å². The number of ether oxygens (including phenoxy) is 2. The molecule has 29 heavy (non-hydrogen) atoms. The largest absolute Gasteiger partial charge is 0.506 e. The Bertz CT molecular complexity index is 1140. The van der Waals surface area contributed by atoms with Crippen LogP contribution in [0.15, 0.2) is 51.7 Å². The lowest BCUT2D eigenvalue weighted by Gasteiger charge is -2.38. The molecule has 1 aromatic heterocycles. The monoisotopic (exact) mass is 398 g/mol. The molecule has 5 atom stereocenters. The van der Waals surface area contributed by atoms with Crippen LogP contribution < -0.4 is 10.2 Å². The van der Waals surface area contributed by atoms with Gasteiger partial charge < -0.3 is 34.3 Å². The van der Waals surface area contributed by atoms with E-state index < -0.39 is 42.6 Å². The Morgan fingerprint density at radius 1 is 1.03 bits per heavy atom. The quantitative estimate of drug-likeness (QED) is 0.505. The van der Waals surface area contributed by atoms with Gasteiger partial charge in [0.25, 0.3) is 0 Å². The van der Waals surface area contributed by atoms with Crippen LogP contribution in [-0.4, -0.2) is 51.4 Å². The molecule has 150 valence electrons. The van der Waals surface area contributed by atoms with Crippen LogP contribution in [0.4, 0.5) is 0 Å². The zero-order chi connectivity index (χ0) is 20.3. The number of aliphatic hydroxyl groups excluding tert-OH is 3. The molecule has 3 aromatic rings. The first kappa shape index (κ1) is 18.1. The molecule has 0 unspecified atom stereocenters. The first-order chi connectivity index (χ1) is 14.0. The minimum Gasteiger partial charge on any atom is -0.506 e. The third-order valence-electron chi connectivity index (χ3n) is 5.47. The average molecular weight is 398 g/mol. The number of benzene rings is 2. The molecular weight excluding hydrogens is 380 g/mol. The van der Waals surface area contributed by atoms with Crippen LogP contribution in [0.2, 0.25) is 0 Å². The Balaban J connectivity index is 1.67. The number of aliphatic hydroxyl groups is 3. The molecule has 8 heteroatoms. The lowest BCUT2D eigenvalue weighted by atomic mass is 9.92. The van der Waals surface area contributed by atoms with Crippen LogP contribution in [0.3, 0.4) is 0 Å². The van der Waals surface area contributed by atoms with Crippen LogP contribution in [-0.2, 0) is 4.74 Å². The van der Waals surface area contributed by atoms with Crippen LogP contribution in [0, 0.1) is 0 Å². The van der Waals surface area contributed by atoms with Crippen LogP contribution in [0.1, 0.15) is 11.7 Å². The fraction of sp³-hybridized carbons (Fsp3) is 0.286. The predicted molar refractivity (Wildman–Crippen MR) is 101 cm³/mol. The van der Waals surface area contributed by atoms with Crippen molar-refractivity contribution >= 4 is 11.0 Å². The van der Waals surface area contributed by atoms with E-state index in [0.29, 0.717) is 11.3 Å². The molecule has 0 saturated carbocycles. The summed E-state index contributed by atoms with van der Waals surface area (Å²) in [6.07, 6.45) is -5.68. The van der Waals surface area contributed by atoms with Gasteiger partial charge in [0, 0.05) is 17.7 Å². The Morgan fingerprint density at radius 2 is 1.79 bits per heavy atom. The summed E-state index contributed by atoms with van der Waals surface area (Å²) in [4.78, 5) is 12.8. The highest BCUT2D eigenvalue weighted by Gasteiger charge is 2.52. The number of phenols is 1. The molecule has 2 aliphatic heterocycles. The molecule has 2 aromatic carbocycles. The fourth-order valence-corrected chi connectivity index (χ4v) is 4.01. The van der Waals surface area contributed by atoms with E-state index in [9.17, 15) is 25.2 Å². The molecule has 1 saturated heterocycles. The van der Waals surface area contributed by atoms with Crippen LogP contribution in [0.25, 0.3) is 22.3 Å². The Labute approximate surface area is 164 Å². The number of hydrogen-bond acceptors (Lipinski definition) is 8. The van der Waals surface area contributed by atoms with Gasteiger partial charge in [0.1, 0.15) is 52.6 Å². The van der Waals surface area contributed by atoms with Crippen molar-refractivity contribution in [2.24, 2.45) is 0 Å². The molecule has 0 spiro atoms. The van der Waals surface area contributed by atoms with E-state index >= 15 is 0 Å². The molecule has 0 radical (unpaired) electrons. The van der Waals surface area contributed by atoms with Gasteiger partial charge in [0.15, 0.2) is 11.5 Å². The minimum atomic E-state index is -1.35. The van der Waals surface area contributed by atoms with Crippen molar-refractivity contribution in [1.82, 2.24) is 0 Å². The highest BCUT2D eigenvalue weighted by Crippen LogP contribution is 2.50. The third-order valence-corrected chi connectivity index (χ3v) is 5.47. The number of phenolic OH excluding ortho intramolecular Hbond substituents is 1. The van der Waals surface area contributed by atoms with E-state index in [2.05, 4.69) is 0 Å². The van der Waals surface area contributed by atoms with E-state index in [1.807, 2.05) is 18.2 Å². The van der Waals surface area contributed by atoms with Crippen molar-refractivity contribution in [1.29, 1.82) is 0 Å². The average Bonchev–Trinajstić information content (AvgIpc) is 3.09. The minimum absolute atomic E-state index is 0.0301. The van der Waals surface area contributed by atoms with E-state index in [0.717, 1.165) is 0 Å². The maximum Gasteiger partial charge on any atom is 0.197 e. The van der Waals surface area contributed by atoms with Gasteiger partial charge in [-0.2, -0.15) is 0 Å². The molecule has 0 amide bonds. The number of fused-ring (bicyclic) bond motifs is 4. The van der Waals surface area contributed by atoms with Gasteiger partial charge in [0.05, 0.1) is 12.2 Å². The van der Waals surface area contributed by atoms with Gasteiger partial charge in [-0.15, -0.1) is 0 Å². The van der Waals surface area contributed by atoms with Gasteiger partial charge in [-0.25, -0.2) is 0 Å². The maximum atomic E-state index is 12.8.